The van der Waals surface area contributed by atoms with Crippen LogP contribution in [0.25, 0.3) is 0 Å². The second kappa shape index (κ2) is 5.27. The minimum atomic E-state index is -1.22. The molecular formula is C15H18N2O4. The van der Waals surface area contributed by atoms with Crippen molar-refractivity contribution in [3.8, 4) is 5.75 Å². The zero-order valence-electron chi connectivity index (χ0n) is 11.6. The normalized spacial score (nSPS) is 17.3. The van der Waals surface area contributed by atoms with Gasteiger partial charge in [0.05, 0.1) is 0 Å². The van der Waals surface area contributed by atoms with Gasteiger partial charge in [-0.2, -0.15) is 0 Å². The summed E-state index contributed by atoms with van der Waals surface area (Å²) in [6.07, 6.45) is 4.43. The van der Waals surface area contributed by atoms with Crippen LogP contribution < -0.4 is 5.32 Å². The molecule has 0 aliphatic heterocycles. The molecule has 0 unspecified atom stereocenters. The van der Waals surface area contributed by atoms with Crippen molar-refractivity contribution in [2.45, 2.75) is 31.7 Å². The van der Waals surface area contributed by atoms with Crippen LogP contribution in [-0.4, -0.2) is 39.7 Å². The molecule has 0 aromatic heterocycles. The molecule has 2 saturated carbocycles. The Morgan fingerprint density at radius 3 is 2.52 bits per heavy atom. The summed E-state index contributed by atoms with van der Waals surface area (Å²) in [7, 11) is 0. The second-order valence-corrected chi connectivity index (χ2v) is 5.79. The van der Waals surface area contributed by atoms with E-state index in [1.54, 1.807) is 0 Å². The standard InChI is InChI=1S/C15H18N2O4/c18-13-6-3-10(7-12(13)14(19)20)16-15(21)17(11-4-5-11)8-9-1-2-9/h3,6-7,9,11,18H,1-2,4-5,8H2,(H,16,21)(H,19,20). The summed E-state index contributed by atoms with van der Waals surface area (Å²) in [5, 5.41) is 21.2. The number of rotatable bonds is 5. The Bertz CT molecular complexity index is 579. The fourth-order valence-corrected chi connectivity index (χ4v) is 2.34. The van der Waals surface area contributed by atoms with Gasteiger partial charge in [0, 0.05) is 18.3 Å². The number of carbonyl (C=O) groups excluding carboxylic acids is 1. The third kappa shape index (κ3) is 3.26. The molecule has 3 N–H and O–H groups in total. The number of phenols is 1. The lowest BCUT2D eigenvalue weighted by Crippen LogP contribution is -2.38. The third-order valence-electron chi connectivity index (χ3n) is 3.88. The number of carbonyl (C=O) groups is 2. The van der Waals surface area contributed by atoms with E-state index in [9.17, 15) is 14.7 Å². The maximum absolute atomic E-state index is 12.3. The van der Waals surface area contributed by atoms with E-state index in [0.29, 0.717) is 17.6 Å². The first kappa shape index (κ1) is 13.7. The topological polar surface area (TPSA) is 89.9 Å². The Balaban J connectivity index is 1.70. The van der Waals surface area contributed by atoms with Crippen LogP contribution in [-0.2, 0) is 0 Å². The molecule has 6 nitrogen and oxygen atoms in total. The molecular weight excluding hydrogens is 272 g/mol. The van der Waals surface area contributed by atoms with E-state index in [1.165, 1.54) is 31.0 Å². The van der Waals surface area contributed by atoms with E-state index in [4.69, 9.17) is 5.11 Å². The lowest BCUT2D eigenvalue weighted by molar-refractivity contribution is 0.0693. The van der Waals surface area contributed by atoms with Crippen LogP contribution >= 0.6 is 0 Å². The van der Waals surface area contributed by atoms with Crippen LogP contribution in [0.3, 0.4) is 0 Å². The number of urea groups is 1. The maximum atomic E-state index is 12.3. The lowest BCUT2D eigenvalue weighted by Gasteiger charge is -2.22. The molecule has 1 aromatic rings. The number of aromatic hydroxyl groups is 1. The molecule has 21 heavy (non-hydrogen) atoms. The first-order valence-corrected chi connectivity index (χ1v) is 7.18. The van der Waals surface area contributed by atoms with Gasteiger partial charge in [-0.15, -0.1) is 0 Å². The van der Waals surface area contributed by atoms with E-state index < -0.39 is 5.97 Å². The molecule has 6 heteroatoms. The van der Waals surface area contributed by atoms with Crippen molar-refractivity contribution in [2.24, 2.45) is 5.92 Å². The van der Waals surface area contributed by atoms with Crippen molar-refractivity contribution in [2.75, 3.05) is 11.9 Å². The number of benzene rings is 1. The SMILES string of the molecule is O=C(O)c1cc(NC(=O)N(CC2CC2)C2CC2)ccc1O. The molecule has 112 valence electrons. The Kier molecular flexibility index (Phi) is 3.45. The Labute approximate surface area is 122 Å². The average molecular weight is 290 g/mol. The Morgan fingerprint density at radius 2 is 1.95 bits per heavy atom. The third-order valence-corrected chi connectivity index (χ3v) is 3.88. The van der Waals surface area contributed by atoms with Crippen LogP contribution in [0.2, 0.25) is 0 Å². The number of hydrogen-bond acceptors (Lipinski definition) is 3. The molecule has 2 amide bonds. The van der Waals surface area contributed by atoms with E-state index >= 15 is 0 Å². The van der Waals surface area contributed by atoms with Crippen molar-refractivity contribution < 1.29 is 19.8 Å². The fraction of sp³-hybridized carbons (Fsp3) is 0.467. The smallest absolute Gasteiger partial charge is 0.339 e. The van der Waals surface area contributed by atoms with Crippen molar-refractivity contribution in [3.63, 3.8) is 0 Å². The first-order valence-electron chi connectivity index (χ1n) is 7.18. The van der Waals surface area contributed by atoms with Gasteiger partial charge < -0.3 is 20.4 Å². The van der Waals surface area contributed by atoms with Crippen LogP contribution in [0.1, 0.15) is 36.0 Å². The predicted octanol–water partition coefficient (Wildman–Crippen LogP) is 2.50. The van der Waals surface area contributed by atoms with Gasteiger partial charge in [0.1, 0.15) is 11.3 Å². The van der Waals surface area contributed by atoms with Gasteiger partial charge >= 0.3 is 12.0 Å². The van der Waals surface area contributed by atoms with Crippen LogP contribution in [0, 0.1) is 5.92 Å². The zero-order chi connectivity index (χ0) is 15.0. The molecule has 0 radical (unpaired) electrons. The molecule has 3 rings (SSSR count). The van der Waals surface area contributed by atoms with E-state index in [0.717, 1.165) is 19.4 Å². The number of hydrogen-bond donors (Lipinski definition) is 3. The molecule has 0 spiro atoms. The summed E-state index contributed by atoms with van der Waals surface area (Å²) in [6.45, 7) is 0.778. The van der Waals surface area contributed by atoms with Gasteiger partial charge in [-0.05, 0) is 49.8 Å². The van der Waals surface area contributed by atoms with Gasteiger partial charge in [-0.25, -0.2) is 9.59 Å². The predicted molar refractivity (Wildman–Crippen MR) is 76.5 cm³/mol. The van der Waals surface area contributed by atoms with Gasteiger partial charge in [0.2, 0.25) is 0 Å². The summed E-state index contributed by atoms with van der Waals surface area (Å²) >= 11 is 0. The number of nitrogens with one attached hydrogen (secondary N) is 1. The number of aromatic carboxylic acids is 1. The fourth-order valence-electron chi connectivity index (χ4n) is 2.34. The number of carboxylic acid groups (broad SMARTS) is 1. The minimum Gasteiger partial charge on any atom is -0.507 e. The minimum absolute atomic E-state index is 0.188. The molecule has 2 fully saturated rings. The number of anilines is 1. The summed E-state index contributed by atoms with van der Waals surface area (Å²) in [4.78, 5) is 25.2. The van der Waals surface area contributed by atoms with Crippen LogP contribution in [0.5, 0.6) is 5.75 Å². The largest absolute Gasteiger partial charge is 0.507 e. The van der Waals surface area contributed by atoms with Crippen molar-refractivity contribution in [3.05, 3.63) is 23.8 Å². The highest BCUT2D eigenvalue weighted by atomic mass is 16.4. The maximum Gasteiger partial charge on any atom is 0.339 e. The highest BCUT2D eigenvalue weighted by molar-refractivity contribution is 5.95. The van der Waals surface area contributed by atoms with Crippen molar-refractivity contribution in [1.82, 2.24) is 4.90 Å². The lowest BCUT2D eigenvalue weighted by atomic mass is 10.2. The highest BCUT2D eigenvalue weighted by Gasteiger charge is 2.36. The van der Waals surface area contributed by atoms with Gasteiger partial charge in [0.25, 0.3) is 0 Å². The number of nitrogens with zero attached hydrogens (tertiary/aromatic N) is 1. The molecule has 1 aromatic carbocycles. The Hall–Kier alpha value is -2.24. The van der Waals surface area contributed by atoms with E-state index in [2.05, 4.69) is 5.32 Å². The number of carboxylic acids is 1. The molecule has 0 heterocycles. The van der Waals surface area contributed by atoms with Crippen LogP contribution in [0.15, 0.2) is 18.2 Å². The molecule has 2 aliphatic carbocycles. The summed E-state index contributed by atoms with van der Waals surface area (Å²) < 4.78 is 0. The monoisotopic (exact) mass is 290 g/mol. The van der Waals surface area contributed by atoms with Gasteiger partial charge in [0.15, 0.2) is 0 Å². The molecule has 0 bridgehead atoms. The summed E-state index contributed by atoms with van der Waals surface area (Å²) in [5.41, 5.74) is 0.171. The second-order valence-electron chi connectivity index (χ2n) is 5.79. The van der Waals surface area contributed by atoms with Crippen molar-refractivity contribution >= 4 is 17.7 Å². The highest BCUT2D eigenvalue weighted by Crippen LogP contribution is 2.35. The van der Waals surface area contributed by atoms with Crippen LogP contribution in [0.4, 0.5) is 10.5 Å². The zero-order valence-corrected chi connectivity index (χ0v) is 11.6. The molecule has 0 saturated heterocycles. The summed E-state index contributed by atoms with van der Waals surface area (Å²) in [6, 6.07) is 4.19. The quantitative estimate of drug-likeness (QED) is 0.727. The number of amides is 2. The van der Waals surface area contributed by atoms with Gasteiger partial charge in [-0.1, -0.05) is 0 Å². The van der Waals surface area contributed by atoms with E-state index in [-0.39, 0.29) is 17.3 Å². The van der Waals surface area contributed by atoms with E-state index in [1.807, 2.05) is 4.90 Å². The first-order chi connectivity index (χ1) is 10.0. The molecule has 0 atom stereocenters. The van der Waals surface area contributed by atoms with Gasteiger partial charge in [-0.3, -0.25) is 0 Å². The average Bonchev–Trinajstić information content (AvgIpc) is 3.31. The molecule has 2 aliphatic rings. The Morgan fingerprint density at radius 1 is 1.24 bits per heavy atom. The summed E-state index contributed by atoms with van der Waals surface area (Å²) in [5.74, 6) is -0.913. The van der Waals surface area contributed by atoms with Crippen molar-refractivity contribution in [1.29, 1.82) is 0 Å².